The molecule has 0 saturated carbocycles. The van der Waals surface area contributed by atoms with Crippen LogP contribution < -0.4 is 10.0 Å². The Balaban J connectivity index is 1.79. The first kappa shape index (κ1) is 14.2. The molecule has 5 nitrogen and oxygen atoms in total. The molecule has 1 unspecified atom stereocenters. The standard InChI is InChI=1S/C12H25N3O2S/c1-11-4-7-15(8-5-11)18(16,17)14-10-12-3-2-6-13-9-12/h11-14H,2-10H2,1H3. The van der Waals surface area contributed by atoms with Gasteiger partial charge in [-0.2, -0.15) is 12.7 Å². The Morgan fingerprint density at radius 2 is 2.00 bits per heavy atom. The van der Waals surface area contributed by atoms with E-state index in [4.69, 9.17) is 0 Å². The molecule has 0 aromatic carbocycles. The smallest absolute Gasteiger partial charge is 0.279 e. The number of hydrogen-bond acceptors (Lipinski definition) is 3. The summed E-state index contributed by atoms with van der Waals surface area (Å²) in [5.74, 6) is 1.09. The van der Waals surface area contributed by atoms with Gasteiger partial charge in [0.25, 0.3) is 10.2 Å². The Morgan fingerprint density at radius 1 is 1.28 bits per heavy atom. The van der Waals surface area contributed by atoms with Gasteiger partial charge in [0.1, 0.15) is 0 Å². The zero-order valence-electron chi connectivity index (χ0n) is 11.2. The monoisotopic (exact) mass is 275 g/mol. The molecule has 2 aliphatic rings. The van der Waals surface area contributed by atoms with E-state index in [1.165, 1.54) is 0 Å². The molecule has 0 aliphatic carbocycles. The third-order valence-electron chi connectivity index (χ3n) is 4.04. The minimum atomic E-state index is -3.25. The topological polar surface area (TPSA) is 61.4 Å². The second-order valence-corrected chi connectivity index (χ2v) is 7.40. The maximum absolute atomic E-state index is 12.1. The van der Waals surface area contributed by atoms with Crippen LogP contribution in [0, 0.1) is 11.8 Å². The third-order valence-corrected chi connectivity index (χ3v) is 5.61. The van der Waals surface area contributed by atoms with Gasteiger partial charge in [-0.15, -0.1) is 0 Å². The number of rotatable bonds is 4. The quantitative estimate of drug-likeness (QED) is 0.788. The van der Waals surface area contributed by atoms with Gasteiger partial charge < -0.3 is 5.32 Å². The molecule has 2 aliphatic heterocycles. The Labute approximate surface area is 110 Å². The van der Waals surface area contributed by atoms with Crippen molar-refractivity contribution in [2.75, 3.05) is 32.7 Å². The molecule has 6 heteroatoms. The summed E-state index contributed by atoms with van der Waals surface area (Å²) in [5, 5.41) is 3.31. The molecule has 106 valence electrons. The van der Waals surface area contributed by atoms with Crippen LogP contribution in [-0.2, 0) is 10.2 Å². The van der Waals surface area contributed by atoms with E-state index in [-0.39, 0.29) is 0 Å². The van der Waals surface area contributed by atoms with Gasteiger partial charge in [-0.05, 0) is 50.6 Å². The van der Waals surface area contributed by atoms with Gasteiger partial charge in [0, 0.05) is 19.6 Å². The molecule has 0 amide bonds. The van der Waals surface area contributed by atoms with E-state index in [1.807, 2.05) is 0 Å². The van der Waals surface area contributed by atoms with Crippen LogP contribution >= 0.6 is 0 Å². The van der Waals surface area contributed by atoms with E-state index in [9.17, 15) is 8.42 Å². The minimum absolute atomic E-state index is 0.442. The summed E-state index contributed by atoms with van der Waals surface area (Å²) in [4.78, 5) is 0. The van der Waals surface area contributed by atoms with Crippen LogP contribution in [0.25, 0.3) is 0 Å². The zero-order chi connectivity index (χ0) is 13.0. The van der Waals surface area contributed by atoms with Crippen LogP contribution in [0.15, 0.2) is 0 Å². The van der Waals surface area contributed by atoms with Crippen molar-refractivity contribution >= 4 is 10.2 Å². The van der Waals surface area contributed by atoms with Crippen molar-refractivity contribution in [1.29, 1.82) is 0 Å². The Kier molecular flexibility index (Phi) is 5.00. The van der Waals surface area contributed by atoms with Gasteiger partial charge in [0.2, 0.25) is 0 Å². The second kappa shape index (κ2) is 6.32. The molecule has 0 bridgehead atoms. The molecule has 2 saturated heterocycles. The maximum atomic E-state index is 12.1. The summed E-state index contributed by atoms with van der Waals surface area (Å²) >= 11 is 0. The molecule has 0 aromatic heterocycles. The molecule has 2 heterocycles. The SMILES string of the molecule is CC1CCN(S(=O)(=O)NCC2CCCNC2)CC1. The van der Waals surface area contributed by atoms with Crippen molar-refractivity contribution in [2.24, 2.45) is 11.8 Å². The summed E-state index contributed by atoms with van der Waals surface area (Å²) in [7, 11) is -3.25. The molecule has 2 N–H and O–H groups in total. The third kappa shape index (κ3) is 3.91. The number of nitrogens with one attached hydrogen (secondary N) is 2. The van der Waals surface area contributed by atoms with Crippen molar-refractivity contribution in [3.8, 4) is 0 Å². The normalized spacial score (nSPS) is 28.4. The van der Waals surface area contributed by atoms with E-state index >= 15 is 0 Å². The maximum Gasteiger partial charge on any atom is 0.279 e. The summed E-state index contributed by atoms with van der Waals surface area (Å²) in [6, 6.07) is 0. The Hall–Kier alpha value is -0.170. The van der Waals surface area contributed by atoms with Crippen LogP contribution in [-0.4, -0.2) is 45.4 Å². The first-order valence-electron chi connectivity index (χ1n) is 7.03. The van der Waals surface area contributed by atoms with Crippen molar-refractivity contribution in [2.45, 2.75) is 32.6 Å². The van der Waals surface area contributed by atoms with E-state index in [2.05, 4.69) is 17.0 Å². The van der Waals surface area contributed by atoms with Crippen LogP contribution in [0.4, 0.5) is 0 Å². The summed E-state index contributed by atoms with van der Waals surface area (Å²) in [6.45, 7) is 6.08. The van der Waals surface area contributed by atoms with Crippen molar-refractivity contribution < 1.29 is 8.42 Å². The highest BCUT2D eigenvalue weighted by Gasteiger charge is 2.26. The Morgan fingerprint density at radius 3 is 2.61 bits per heavy atom. The highest BCUT2D eigenvalue weighted by Crippen LogP contribution is 2.18. The minimum Gasteiger partial charge on any atom is -0.316 e. The fourth-order valence-corrected chi connectivity index (χ4v) is 3.96. The van der Waals surface area contributed by atoms with Gasteiger partial charge in [-0.1, -0.05) is 6.92 Å². The molecular weight excluding hydrogens is 250 g/mol. The number of hydrogen-bond donors (Lipinski definition) is 2. The van der Waals surface area contributed by atoms with Crippen LogP contribution in [0.2, 0.25) is 0 Å². The van der Waals surface area contributed by atoms with E-state index in [0.29, 0.717) is 31.5 Å². The molecule has 0 radical (unpaired) electrons. The number of piperidine rings is 2. The predicted octanol–water partition coefficient (Wildman–Crippen LogP) is 0.552. The highest BCUT2D eigenvalue weighted by atomic mass is 32.2. The van der Waals surface area contributed by atoms with Gasteiger partial charge in [-0.25, -0.2) is 4.72 Å². The van der Waals surface area contributed by atoms with E-state index < -0.39 is 10.2 Å². The van der Waals surface area contributed by atoms with Crippen LogP contribution in [0.3, 0.4) is 0 Å². The van der Waals surface area contributed by atoms with Gasteiger partial charge in [0.15, 0.2) is 0 Å². The van der Waals surface area contributed by atoms with E-state index in [0.717, 1.165) is 38.8 Å². The van der Waals surface area contributed by atoms with Crippen molar-refractivity contribution in [3.63, 3.8) is 0 Å². The summed E-state index contributed by atoms with van der Waals surface area (Å²) < 4.78 is 28.6. The first-order valence-corrected chi connectivity index (χ1v) is 8.47. The summed E-state index contributed by atoms with van der Waals surface area (Å²) in [6.07, 6.45) is 4.22. The lowest BCUT2D eigenvalue weighted by molar-refractivity contribution is 0.282. The Bertz CT molecular complexity index is 344. The lowest BCUT2D eigenvalue weighted by atomic mass is 10.0. The molecule has 0 aromatic rings. The number of nitrogens with zero attached hydrogens (tertiary/aromatic N) is 1. The predicted molar refractivity (Wildman–Crippen MR) is 72.5 cm³/mol. The highest BCUT2D eigenvalue weighted by molar-refractivity contribution is 7.87. The average molecular weight is 275 g/mol. The van der Waals surface area contributed by atoms with Crippen molar-refractivity contribution in [1.82, 2.24) is 14.3 Å². The molecular formula is C12H25N3O2S. The molecule has 2 fully saturated rings. The fourth-order valence-electron chi connectivity index (χ4n) is 2.64. The van der Waals surface area contributed by atoms with Crippen LogP contribution in [0.5, 0.6) is 0 Å². The van der Waals surface area contributed by atoms with Gasteiger partial charge >= 0.3 is 0 Å². The molecule has 18 heavy (non-hydrogen) atoms. The van der Waals surface area contributed by atoms with Gasteiger partial charge in [-0.3, -0.25) is 0 Å². The zero-order valence-corrected chi connectivity index (χ0v) is 12.0. The second-order valence-electron chi connectivity index (χ2n) is 5.65. The lowest BCUT2D eigenvalue weighted by Gasteiger charge is -2.30. The molecule has 1 atom stereocenters. The molecule has 0 spiro atoms. The average Bonchev–Trinajstić information content (AvgIpc) is 2.38. The van der Waals surface area contributed by atoms with Crippen molar-refractivity contribution in [3.05, 3.63) is 0 Å². The largest absolute Gasteiger partial charge is 0.316 e. The fraction of sp³-hybridized carbons (Fsp3) is 1.00. The lowest BCUT2D eigenvalue weighted by Crippen LogP contribution is -2.47. The van der Waals surface area contributed by atoms with Gasteiger partial charge in [0.05, 0.1) is 0 Å². The summed E-state index contributed by atoms with van der Waals surface area (Å²) in [5.41, 5.74) is 0. The van der Waals surface area contributed by atoms with E-state index in [1.54, 1.807) is 4.31 Å². The first-order chi connectivity index (χ1) is 8.58. The molecule has 2 rings (SSSR count). The van der Waals surface area contributed by atoms with Crippen LogP contribution in [0.1, 0.15) is 32.6 Å².